The molecule has 0 aliphatic heterocycles. The second kappa shape index (κ2) is 5.78. The van der Waals surface area contributed by atoms with Gasteiger partial charge in [0.1, 0.15) is 5.69 Å². The van der Waals surface area contributed by atoms with Crippen LogP contribution in [-0.4, -0.2) is 26.7 Å². The third-order valence-corrected chi connectivity index (χ3v) is 3.86. The summed E-state index contributed by atoms with van der Waals surface area (Å²) in [5, 5.41) is 6.81. The number of thiazole rings is 1. The molecule has 3 aromatic heterocycles. The van der Waals surface area contributed by atoms with Crippen molar-refractivity contribution in [2.45, 2.75) is 6.42 Å². The maximum Gasteiger partial charge on any atom is 0.277 e. The Kier molecular flexibility index (Phi) is 3.86. The second-order valence-corrected chi connectivity index (χ2v) is 5.84. The van der Waals surface area contributed by atoms with Crippen LogP contribution >= 0.6 is 27.3 Å². The molecule has 0 bridgehead atoms. The summed E-state index contributed by atoms with van der Waals surface area (Å²) in [6.07, 6.45) is 4.13. The van der Waals surface area contributed by atoms with E-state index in [0.717, 1.165) is 21.5 Å². The number of rotatable bonds is 4. The van der Waals surface area contributed by atoms with Crippen LogP contribution in [0.3, 0.4) is 0 Å². The zero-order valence-corrected chi connectivity index (χ0v) is 12.7. The Morgan fingerprint density at radius 3 is 3.00 bits per heavy atom. The van der Waals surface area contributed by atoms with Gasteiger partial charge < -0.3 is 10.3 Å². The first kappa shape index (κ1) is 13.3. The lowest BCUT2D eigenvalue weighted by Crippen LogP contribution is -2.01. The Morgan fingerprint density at radius 2 is 2.20 bits per heavy atom. The van der Waals surface area contributed by atoms with Gasteiger partial charge >= 0.3 is 0 Å². The molecule has 0 saturated carbocycles. The molecule has 0 amide bonds. The van der Waals surface area contributed by atoms with Crippen LogP contribution in [-0.2, 0) is 6.42 Å². The van der Waals surface area contributed by atoms with Crippen LogP contribution in [0.1, 0.15) is 5.01 Å². The van der Waals surface area contributed by atoms with Gasteiger partial charge in [-0.25, -0.2) is 4.98 Å². The Labute approximate surface area is 127 Å². The van der Waals surface area contributed by atoms with E-state index in [0.29, 0.717) is 24.0 Å². The lowest BCUT2D eigenvalue weighted by molar-refractivity contribution is 0.431. The molecule has 0 atom stereocenters. The summed E-state index contributed by atoms with van der Waals surface area (Å²) in [5.41, 5.74) is 6.97. The van der Waals surface area contributed by atoms with Gasteiger partial charge in [0.25, 0.3) is 5.89 Å². The van der Waals surface area contributed by atoms with Gasteiger partial charge in [-0.2, -0.15) is 4.98 Å². The molecule has 0 fully saturated rings. The monoisotopic (exact) mass is 351 g/mol. The lowest BCUT2D eigenvalue weighted by Gasteiger charge is -1.93. The lowest BCUT2D eigenvalue weighted by atomic mass is 10.3. The summed E-state index contributed by atoms with van der Waals surface area (Å²) < 4.78 is 6.11. The minimum absolute atomic E-state index is 0.402. The van der Waals surface area contributed by atoms with E-state index in [1.807, 2.05) is 11.4 Å². The van der Waals surface area contributed by atoms with Gasteiger partial charge in [0.05, 0.1) is 5.01 Å². The minimum atomic E-state index is 0.402. The van der Waals surface area contributed by atoms with E-state index in [2.05, 4.69) is 36.0 Å². The van der Waals surface area contributed by atoms with Crippen molar-refractivity contribution in [1.82, 2.24) is 20.1 Å². The Hall–Kier alpha value is -1.64. The largest absolute Gasteiger partial charge is 0.332 e. The molecule has 6 nitrogen and oxygen atoms in total. The molecular formula is C12H10BrN5OS. The van der Waals surface area contributed by atoms with Crippen molar-refractivity contribution >= 4 is 27.3 Å². The fraction of sp³-hybridized carbons (Fsp3) is 0.167. The van der Waals surface area contributed by atoms with Gasteiger partial charge in [0.15, 0.2) is 0 Å². The predicted molar refractivity (Wildman–Crippen MR) is 79.1 cm³/mol. The van der Waals surface area contributed by atoms with E-state index >= 15 is 0 Å². The molecule has 0 unspecified atom stereocenters. The Morgan fingerprint density at radius 1 is 1.30 bits per heavy atom. The van der Waals surface area contributed by atoms with E-state index in [1.54, 1.807) is 12.4 Å². The van der Waals surface area contributed by atoms with Crippen molar-refractivity contribution in [3.63, 3.8) is 0 Å². The van der Waals surface area contributed by atoms with Gasteiger partial charge in [-0.3, -0.25) is 4.98 Å². The van der Waals surface area contributed by atoms with Gasteiger partial charge in [0.2, 0.25) is 5.82 Å². The molecule has 102 valence electrons. The number of halogens is 1. The molecule has 2 N–H and O–H groups in total. The topological polar surface area (TPSA) is 90.7 Å². The van der Waals surface area contributed by atoms with Crippen molar-refractivity contribution < 1.29 is 4.52 Å². The molecule has 3 aromatic rings. The quantitative estimate of drug-likeness (QED) is 0.776. The summed E-state index contributed by atoms with van der Waals surface area (Å²) in [7, 11) is 0. The smallest absolute Gasteiger partial charge is 0.277 e. The average molecular weight is 352 g/mol. The molecule has 0 aliphatic rings. The van der Waals surface area contributed by atoms with Crippen molar-refractivity contribution in [2.75, 3.05) is 6.54 Å². The number of nitrogens with zero attached hydrogens (tertiary/aromatic N) is 4. The van der Waals surface area contributed by atoms with Gasteiger partial charge in [0, 0.05) is 34.2 Å². The molecule has 3 heterocycles. The van der Waals surface area contributed by atoms with E-state index in [1.165, 1.54) is 11.3 Å². The summed E-state index contributed by atoms with van der Waals surface area (Å²) in [6, 6.07) is 1.88. The highest BCUT2D eigenvalue weighted by Crippen LogP contribution is 2.24. The summed E-state index contributed by atoms with van der Waals surface area (Å²) in [6.45, 7) is 0.575. The van der Waals surface area contributed by atoms with Crippen LogP contribution in [0.4, 0.5) is 0 Å². The highest BCUT2D eigenvalue weighted by Gasteiger charge is 2.14. The zero-order valence-electron chi connectivity index (χ0n) is 10.3. The van der Waals surface area contributed by atoms with E-state index in [9.17, 15) is 0 Å². The standard InChI is InChI=1S/C12H10BrN5OS/c13-8-3-7(4-15-5-8)11-17-12(19-18-11)9-6-20-10(16-9)1-2-14/h3-6H,1-2,14H2. The van der Waals surface area contributed by atoms with Gasteiger partial charge in [-0.1, -0.05) is 5.16 Å². The number of pyridine rings is 1. The first-order valence-electron chi connectivity index (χ1n) is 5.86. The second-order valence-electron chi connectivity index (χ2n) is 3.98. The maximum absolute atomic E-state index is 5.51. The van der Waals surface area contributed by atoms with Crippen LogP contribution < -0.4 is 5.73 Å². The van der Waals surface area contributed by atoms with Crippen LogP contribution in [0.15, 0.2) is 32.8 Å². The summed E-state index contributed by atoms with van der Waals surface area (Å²) in [4.78, 5) is 12.8. The van der Waals surface area contributed by atoms with Gasteiger partial charge in [-0.05, 0) is 28.5 Å². The van der Waals surface area contributed by atoms with Crippen molar-refractivity contribution in [3.05, 3.63) is 33.3 Å². The molecule has 8 heteroatoms. The van der Waals surface area contributed by atoms with E-state index in [-0.39, 0.29) is 0 Å². The number of hydrogen-bond acceptors (Lipinski definition) is 7. The van der Waals surface area contributed by atoms with Crippen LogP contribution in [0, 0.1) is 0 Å². The normalized spacial score (nSPS) is 10.9. The van der Waals surface area contributed by atoms with Crippen LogP contribution in [0.2, 0.25) is 0 Å². The average Bonchev–Trinajstić information content (AvgIpc) is 3.07. The molecule has 0 saturated heterocycles. The summed E-state index contributed by atoms with van der Waals surface area (Å²) >= 11 is 4.90. The summed E-state index contributed by atoms with van der Waals surface area (Å²) in [5.74, 6) is 0.890. The Bertz CT molecular complexity index is 726. The molecular weight excluding hydrogens is 342 g/mol. The third-order valence-electron chi connectivity index (χ3n) is 2.52. The molecule has 0 aliphatic carbocycles. The Balaban J connectivity index is 1.89. The maximum atomic E-state index is 5.51. The highest BCUT2D eigenvalue weighted by atomic mass is 79.9. The number of nitrogens with two attached hydrogens (primary N) is 1. The SMILES string of the molecule is NCCc1nc(-c2nc(-c3cncc(Br)c3)no2)cs1. The predicted octanol–water partition coefficient (Wildman–Crippen LogP) is 2.52. The minimum Gasteiger partial charge on any atom is -0.332 e. The molecule has 0 radical (unpaired) electrons. The van der Waals surface area contributed by atoms with Gasteiger partial charge in [-0.15, -0.1) is 11.3 Å². The molecule has 3 rings (SSSR count). The molecule has 0 spiro atoms. The van der Waals surface area contributed by atoms with E-state index < -0.39 is 0 Å². The van der Waals surface area contributed by atoms with Crippen molar-refractivity contribution in [3.8, 4) is 23.0 Å². The fourth-order valence-corrected chi connectivity index (χ4v) is 2.78. The molecule has 20 heavy (non-hydrogen) atoms. The first-order chi connectivity index (χ1) is 9.76. The first-order valence-corrected chi connectivity index (χ1v) is 7.53. The third kappa shape index (κ3) is 2.77. The van der Waals surface area contributed by atoms with Crippen LogP contribution in [0.5, 0.6) is 0 Å². The molecule has 0 aromatic carbocycles. The zero-order chi connectivity index (χ0) is 13.9. The fourth-order valence-electron chi connectivity index (χ4n) is 1.63. The van der Waals surface area contributed by atoms with Crippen molar-refractivity contribution in [1.29, 1.82) is 0 Å². The van der Waals surface area contributed by atoms with Crippen LogP contribution in [0.25, 0.3) is 23.0 Å². The van der Waals surface area contributed by atoms with E-state index in [4.69, 9.17) is 10.3 Å². The van der Waals surface area contributed by atoms with Crippen molar-refractivity contribution in [2.24, 2.45) is 5.73 Å². The number of hydrogen-bond donors (Lipinski definition) is 1. The number of aromatic nitrogens is 4. The highest BCUT2D eigenvalue weighted by molar-refractivity contribution is 9.10.